The predicted octanol–water partition coefficient (Wildman–Crippen LogP) is 0.688. The highest BCUT2D eigenvalue weighted by Crippen LogP contribution is 2.07. The molecule has 1 aromatic heterocycles. The van der Waals surface area contributed by atoms with Gasteiger partial charge < -0.3 is 0 Å². The first kappa shape index (κ1) is 7.68. The van der Waals surface area contributed by atoms with Gasteiger partial charge in [0.1, 0.15) is 0 Å². The minimum absolute atomic E-state index is 0.109. The topological polar surface area (TPSA) is 47.0 Å². The minimum atomic E-state index is -2.88. The first-order chi connectivity index (χ1) is 4.58. The molecule has 1 rings (SSSR count). The van der Waals surface area contributed by atoms with Crippen molar-refractivity contribution in [2.75, 3.05) is 6.26 Å². The van der Waals surface area contributed by atoms with Crippen LogP contribution in [0.15, 0.2) is 12.3 Å². The number of rotatable bonds is 2. The molecule has 1 heterocycles. The number of aromatic nitrogens is 1. The van der Waals surface area contributed by atoms with Crippen LogP contribution in [-0.4, -0.2) is 19.0 Å². The largest absolute Gasteiger partial charge is 0.229 e. The van der Waals surface area contributed by atoms with Gasteiger partial charge in [-0.15, -0.1) is 0 Å². The molecule has 10 heavy (non-hydrogen) atoms. The molecule has 0 atom stereocenters. The van der Waals surface area contributed by atoms with Gasteiger partial charge in [0.25, 0.3) is 0 Å². The number of sulfone groups is 1. The van der Waals surface area contributed by atoms with Crippen LogP contribution < -0.4 is 0 Å². The third-order valence-electron chi connectivity index (χ3n) is 0.896. The van der Waals surface area contributed by atoms with Gasteiger partial charge in [-0.25, -0.2) is 12.8 Å². The molecule has 0 bridgehead atoms. The van der Waals surface area contributed by atoms with E-state index < -0.39 is 9.84 Å². The Morgan fingerprint density at radius 2 is 2.40 bits per heavy atom. The second-order valence-electron chi connectivity index (χ2n) is 2.05. The van der Waals surface area contributed by atoms with E-state index in [1.54, 1.807) is 12.3 Å². The van der Waals surface area contributed by atoms with E-state index in [9.17, 15) is 8.42 Å². The van der Waals surface area contributed by atoms with Crippen molar-refractivity contribution in [2.45, 2.75) is 5.75 Å². The van der Waals surface area contributed by atoms with Gasteiger partial charge in [0.15, 0.2) is 9.84 Å². The van der Waals surface area contributed by atoms with E-state index in [2.05, 4.69) is 4.37 Å². The molecule has 0 aliphatic rings. The van der Waals surface area contributed by atoms with Gasteiger partial charge >= 0.3 is 0 Å². The van der Waals surface area contributed by atoms with Crippen molar-refractivity contribution >= 4 is 21.4 Å². The lowest BCUT2D eigenvalue weighted by Crippen LogP contribution is -1.98. The first-order valence-corrected chi connectivity index (χ1v) is 5.48. The maximum atomic E-state index is 10.7. The van der Waals surface area contributed by atoms with Crippen LogP contribution in [0, 0.1) is 0 Å². The smallest absolute Gasteiger partial charge is 0.152 e. The molecule has 1 aromatic rings. The molecule has 0 aliphatic heterocycles. The van der Waals surface area contributed by atoms with Crippen molar-refractivity contribution in [1.29, 1.82) is 0 Å². The van der Waals surface area contributed by atoms with Crippen LogP contribution in [-0.2, 0) is 15.6 Å². The van der Waals surface area contributed by atoms with Crippen LogP contribution in [0.4, 0.5) is 0 Å². The van der Waals surface area contributed by atoms with E-state index in [-0.39, 0.29) is 5.75 Å². The lowest BCUT2D eigenvalue weighted by Gasteiger charge is -1.89. The van der Waals surface area contributed by atoms with Gasteiger partial charge in [0, 0.05) is 17.3 Å². The third kappa shape index (κ3) is 2.45. The molecule has 0 fully saturated rings. The van der Waals surface area contributed by atoms with Crippen LogP contribution >= 0.6 is 11.5 Å². The van der Waals surface area contributed by atoms with E-state index >= 15 is 0 Å². The first-order valence-electron chi connectivity index (χ1n) is 2.65. The zero-order chi connectivity index (χ0) is 7.61. The normalized spacial score (nSPS) is 11.7. The summed E-state index contributed by atoms with van der Waals surface area (Å²) in [5, 5.41) is 0. The summed E-state index contributed by atoms with van der Waals surface area (Å²) in [6.45, 7) is 0. The standard InChI is InChI=1S/C5H7NO2S2/c1-10(7,8)4-5-2-3-6-9-5/h2-3H,4H2,1H3. The average molecular weight is 177 g/mol. The molecular weight excluding hydrogens is 170 g/mol. The number of nitrogens with zero attached hydrogens (tertiary/aromatic N) is 1. The summed E-state index contributed by atoms with van der Waals surface area (Å²) in [5.74, 6) is 0.109. The Bertz CT molecular complexity index is 287. The van der Waals surface area contributed by atoms with Crippen molar-refractivity contribution in [3.63, 3.8) is 0 Å². The van der Waals surface area contributed by atoms with Gasteiger partial charge in [-0.05, 0) is 17.6 Å². The van der Waals surface area contributed by atoms with Crippen molar-refractivity contribution < 1.29 is 8.42 Å². The Hall–Kier alpha value is -0.420. The quantitative estimate of drug-likeness (QED) is 0.667. The fraction of sp³-hybridized carbons (Fsp3) is 0.400. The highest BCUT2D eigenvalue weighted by Gasteiger charge is 2.04. The maximum Gasteiger partial charge on any atom is 0.152 e. The summed E-state index contributed by atoms with van der Waals surface area (Å²) < 4.78 is 25.1. The van der Waals surface area contributed by atoms with Crippen molar-refractivity contribution in [2.24, 2.45) is 0 Å². The fourth-order valence-electron chi connectivity index (χ4n) is 0.575. The molecule has 0 saturated carbocycles. The predicted molar refractivity (Wildman–Crippen MR) is 40.7 cm³/mol. The van der Waals surface area contributed by atoms with E-state index in [1.165, 1.54) is 17.8 Å². The molecule has 5 heteroatoms. The molecule has 0 amide bonds. The SMILES string of the molecule is CS(=O)(=O)Cc1ccns1. The summed E-state index contributed by atoms with van der Waals surface area (Å²) in [5.41, 5.74) is 0. The van der Waals surface area contributed by atoms with Crippen LogP contribution in [0.2, 0.25) is 0 Å². The molecule has 0 unspecified atom stereocenters. The lowest BCUT2D eigenvalue weighted by atomic mass is 10.6. The number of hydrogen-bond acceptors (Lipinski definition) is 4. The summed E-state index contributed by atoms with van der Waals surface area (Å²) in [6, 6.07) is 1.71. The molecule has 3 nitrogen and oxygen atoms in total. The zero-order valence-corrected chi connectivity index (χ0v) is 7.08. The Kier molecular flexibility index (Phi) is 2.05. The van der Waals surface area contributed by atoms with E-state index in [0.29, 0.717) is 0 Å². The van der Waals surface area contributed by atoms with Gasteiger partial charge in [-0.3, -0.25) is 0 Å². The molecule has 0 spiro atoms. The van der Waals surface area contributed by atoms with Crippen LogP contribution in [0.25, 0.3) is 0 Å². The molecule has 0 aliphatic carbocycles. The molecule has 56 valence electrons. The Morgan fingerprint density at radius 3 is 2.80 bits per heavy atom. The van der Waals surface area contributed by atoms with Gasteiger partial charge in [-0.1, -0.05) is 0 Å². The van der Waals surface area contributed by atoms with Crippen molar-refractivity contribution in [3.8, 4) is 0 Å². The second-order valence-corrected chi connectivity index (χ2v) is 5.11. The van der Waals surface area contributed by atoms with Gasteiger partial charge in [-0.2, -0.15) is 0 Å². The highest BCUT2D eigenvalue weighted by atomic mass is 32.2. The highest BCUT2D eigenvalue weighted by molar-refractivity contribution is 7.90. The zero-order valence-electron chi connectivity index (χ0n) is 5.44. The molecule has 0 radical (unpaired) electrons. The molecular formula is C5H7NO2S2. The monoisotopic (exact) mass is 177 g/mol. The van der Waals surface area contributed by atoms with Crippen LogP contribution in [0.5, 0.6) is 0 Å². The number of hydrogen-bond donors (Lipinski definition) is 0. The molecule has 0 aromatic carbocycles. The molecule has 0 saturated heterocycles. The summed E-state index contributed by atoms with van der Waals surface area (Å²) in [4.78, 5) is 0.794. The van der Waals surface area contributed by atoms with Crippen molar-refractivity contribution in [3.05, 3.63) is 17.1 Å². The average Bonchev–Trinajstić information content (AvgIpc) is 2.12. The summed E-state index contributed by atoms with van der Waals surface area (Å²) >= 11 is 1.22. The van der Waals surface area contributed by atoms with Gasteiger partial charge in [0.2, 0.25) is 0 Å². The summed E-state index contributed by atoms with van der Waals surface area (Å²) in [6.07, 6.45) is 2.82. The Labute approximate surface area is 63.8 Å². The van der Waals surface area contributed by atoms with E-state index in [0.717, 1.165) is 4.88 Å². The van der Waals surface area contributed by atoms with Gasteiger partial charge in [0.05, 0.1) is 5.75 Å². The lowest BCUT2D eigenvalue weighted by molar-refractivity contribution is 0.601. The maximum absolute atomic E-state index is 10.7. The summed E-state index contributed by atoms with van der Waals surface area (Å²) in [7, 11) is -2.88. The van der Waals surface area contributed by atoms with Crippen LogP contribution in [0.1, 0.15) is 4.88 Å². The van der Waals surface area contributed by atoms with E-state index in [1.807, 2.05) is 0 Å². The van der Waals surface area contributed by atoms with E-state index in [4.69, 9.17) is 0 Å². The minimum Gasteiger partial charge on any atom is -0.229 e. The van der Waals surface area contributed by atoms with Crippen LogP contribution in [0.3, 0.4) is 0 Å². The Morgan fingerprint density at radius 1 is 1.70 bits per heavy atom. The Balaban J connectivity index is 2.75. The third-order valence-corrected chi connectivity index (χ3v) is 2.66. The van der Waals surface area contributed by atoms with Crippen molar-refractivity contribution in [1.82, 2.24) is 4.37 Å². The fourth-order valence-corrected chi connectivity index (χ4v) is 2.42. The second kappa shape index (κ2) is 2.67. The molecule has 0 N–H and O–H groups in total.